The maximum absolute atomic E-state index is 6.24. The summed E-state index contributed by atoms with van der Waals surface area (Å²) in [5.41, 5.74) is 1.51. The number of halogens is 2. The minimum atomic E-state index is -1.69. The lowest BCUT2D eigenvalue weighted by Crippen LogP contribution is -2.19. The van der Waals surface area contributed by atoms with Crippen LogP contribution < -0.4 is 0 Å². The Bertz CT molecular complexity index is 113. The van der Waals surface area contributed by atoms with E-state index in [0.717, 1.165) is 11.1 Å². The van der Waals surface area contributed by atoms with Crippen molar-refractivity contribution in [2.75, 3.05) is 0 Å². The summed E-state index contributed by atoms with van der Waals surface area (Å²) in [6.07, 6.45) is 5.29. The molecule has 2 heterocycles. The smallest absolute Gasteiger partial charge is 0.145 e. The van der Waals surface area contributed by atoms with Crippen LogP contribution in [0.1, 0.15) is 25.7 Å². The van der Waals surface area contributed by atoms with Gasteiger partial charge in [0.25, 0.3) is 6.69 Å². The summed E-state index contributed by atoms with van der Waals surface area (Å²) < 4.78 is 0. The summed E-state index contributed by atoms with van der Waals surface area (Å²) in [5, 5.41) is 0. The summed E-state index contributed by atoms with van der Waals surface area (Å²) >= 11 is 12.5. The highest BCUT2D eigenvalue weighted by atomic mass is 35.7. The van der Waals surface area contributed by atoms with Crippen LogP contribution in [0.3, 0.4) is 0 Å². The summed E-state index contributed by atoms with van der Waals surface area (Å²) in [5.74, 6) is 0. The standard InChI is InChI=1S/C6H10Cl2Si/c7-9(8)5-1-2-6(9)4-3-5/h5-6H,1-4H2. The molecule has 0 spiro atoms. The van der Waals surface area contributed by atoms with Gasteiger partial charge in [-0.25, -0.2) is 0 Å². The molecule has 0 amide bonds. The van der Waals surface area contributed by atoms with E-state index in [1.165, 1.54) is 25.7 Å². The zero-order valence-electron chi connectivity index (χ0n) is 5.24. The van der Waals surface area contributed by atoms with Crippen LogP contribution in [-0.4, -0.2) is 6.69 Å². The average molecular weight is 181 g/mol. The highest BCUT2D eigenvalue weighted by molar-refractivity contribution is 7.47. The van der Waals surface area contributed by atoms with Crippen LogP contribution in [0.5, 0.6) is 0 Å². The van der Waals surface area contributed by atoms with Gasteiger partial charge in [0.15, 0.2) is 0 Å². The summed E-state index contributed by atoms with van der Waals surface area (Å²) in [4.78, 5) is 0. The minimum absolute atomic E-state index is 0.755. The van der Waals surface area contributed by atoms with Crippen LogP contribution in [0.2, 0.25) is 11.1 Å². The van der Waals surface area contributed by atoms with E-state index in [1.54, 1.807) is 0 Å². The molecule has 0 unspecified atom stereocenters. The number of fused-ring (bicyclic) bond motifs is 2. The number of hydrogen-bond donors (Lipinski definition) is 0. The Morgan fingerprint density at radius 2 is 1.22 bits per heavy atom. The van der Waals surface area contributed by atoms with Gasteiger partial charge in [-0.3, -0.25) is 0 Å². The first-order valence-corrected chi connectivity index (χ1v) is 7.77. The number of hydrogen-bond acceptors (Lipinski definition) is 0. The molecule has 2 fully saturated rings. The fraction of sp³-hybridized carbons (Fsp3) is 1.00. The molecule has 52 valence electrons. The van der Waals surface area contributed by atoms with E-state index in [9.17, 15) is 0 Å². The van der Waals surface area contributed by atoms with Gasteiger partial charge in [-0.05, 0) is 11.1 Å². The van der Waals surface area contributed by atoms with Gasteiger partial charge in [0.1, 0.15) is 0 Å². The first kappa shape index (κ1) is 6.50. The van der Waals surface area contributed by atoms with E-state index >= 15 is 0 Å². The van der Waals surface area contributed by atoms with Gasteiger partial charge in [0.2, 0.25) is 0 Å². The quantitative estimate of drug-likeness (QED) is 0.397. The zero-order chi connectivity index (χ0) is 6.48. The Morgan fingerprint density at radius 1 is 0.889 bits per heavy atom. The average Bonchev–Trinajstić information content (AvgIpc) is 2.24. The Labute approximate surface area is 66.0 Å². The maximum atomic E-state index is 6.24. The molecule has 0 radical (unpaired) electrons. The maximum Gasteiger partial charge on any atom is 0.257 e. The molecular weight excluding hydrogens is 171 g/mol. The van der Waals surface area contributed by atoms with Crippen molar-refractivity contribution in [3.8, 4) is 0 Å². The van der Waals surface area contributed by atoms with E-state index in [1.807, 2.05) is 0 Å². The molecule has 0 aliphatic carbocycles. The van der Waals surface area contributed by atoms with Gasteiger partial charge in [0.05, 0.1) is 0 Å². The highest BCUT2D eigenvalue weighted by Gasteiger charge is 2.54. The van der Waals surface area contributed by atoms with Gasteiger partial charge in [0, 0.05) is 0 Å². The van der Waals surface area contributed by atoms with Crippen LogP contribution in [-0.2, 0) is 0 Å². The van der Waals surface area contributed by atoms with Crippen molar-refractivity contribution in [2.45, 2.75) is 36.8 Å². The van der Waals surface area contributed by atoms with Crippen molar-refractivity contribution in [1.29, 1.82) is 0 Å². The van der Waals surface area contributed by atoms with Crippen LogP contribution >= 0.6 is 22.2 Å². The lowest BCUT2D eigenvalue weighted by molar-refractivity contribution is 0.565. The predicted octanol–water partition coefficient (Wildman–Crippen LogP) is 3.23. The molecule has 0 N–H and O–H groups in total. The topological polar surface area (TPSA) is 0 Å². The fourth-order valence-corrected chi connectivity index (χ4v) is 7.69. The lowest BCUT2D eigenvalue weighted by atomic mass is 10.0. The van der Waals surface area contributed by atoms with Gasteiger partial charge in [-0.1, -0.05) is 25.7 Å². The molecule has 2 aliphatic heterocycles. The van der Waals surface area contributed by atoms with Crippen LogP contribution in [0.25, 0.3) is 0 Å². The molecular formula is C6H10Cl2Si. The molecule has 0 aromatic carbocycles. The van der Waals surface area contributed by atoms with Gasteiger partial charge >= 0.3 is 0 Å². The van der Waals surface area contributed by atoms with Gasteiger partial charge in [-0.15, -0.1) is 22.2 Å². The molecule has 0 aromatic rings. The molecule has 2 aliphatic rings. The monoisotopic (exact) mass is 180 g/mol. The third-order valence-electron chi connectivity index (χ3n) is 2.82. The van der Waals surface area contributed by atoms with Crippen LogP contribution in [0.4, 0.5) is 0 Å². The van der Waals surface area contributed by atoms with Gasteiger partial charge in [-0.2, -0.15) is 0 Å². The van der Waals surface area contributed by atoms with Crippen LogP contribution in [0.15, 0.2) is 0 Å². The molecule has 0 aromatic heterocycles. The first-order chi connectivity index (χ1) is 4.21. The molecule has 0 saturated carbocycles. The largest absolute Gasteiger partial charge is 0.257 e. The lowest BCUT2D eigenvalue weighted by Gasteiger charge is -2.12. The van der Waals surface area contributed by atoms with E-state index < -0.39 is 6.69 Å². The second-order valence-corrected chi connectivity index (χ2v) is 10.5. The molecule has 0 nitrogen and oxygen atoms in total. The summed E-state index contributed by atoms with van der Waals surface area (Å²) in [6.45, 7) is -1.69. The molecule has 2 bridgehead atoms. The van der Waals surface area contributed by atoms with Crippen molar-refractivity contribution in [3.63, 3.8) is 0 Å². The molecule has 3 heteroatoms. The predicted molar refractivity (Wildman–Crippen MR) is 43.4 cm³/mol. The Balaban J connectivity index is 2.26. The minimum Gasteiger partial charge on any atom is -0.145 e. The summed E-state index contributed by atoms with van der Waals surface area (Å²) in [6, 6.07) is 0. The van der Waals surface area contributed by atoms with Crippen molar-refractivity contribution in [2.24, 2.45) is 0 Å². The number of rotatable bonds is 0. The normalized spacial score (nSPS) is 46.0. The van der Waals surface area contributed by atoms with E-state index in [-0.39, 0.29) is 0 Å². The second kappa shape index (κ2) is 1.90. The third-order valence-corrected chi connectivity index (χ3v) is 9.85. The van der Waals surface area contributed by atoms with Crippen LogP contribution in [0, 0.1) is 0 Å². The zero-order valence-corrected chi connectivity index (χ0v) is 7.75. The van der Waals surface area contributed by atoms with E-state index in [0.29, 0.717) is 0 Å². The molecule has 2 saturated heterocycles. The summed E-state index contributed by atoms with van der Waals surface area (Å²) in [7, 11) is 0. The van der Waals surface area contributed by atoms with Crippen molar-refractivity contribution in [1.82, 2.24) is 0 Å². The van der Waals surface area contributed by atoms with Gasteiger partial charge < -0.3 is 0 Å². The van der Waals surface area contributed by atoms with Crippen molar-refractivity contribution in [3.05, 3.63) is 0 Å². The van der Waals surface area contributed by atoms with E-state index in [2.05, 4.69) is 0 Å². The molecule has 9 heavy (non-hydrogen) atoms. The highest BCUT2D eigenvalue weighted by Crippen LogP contribution is 2.61. The Kier molecular flexibility index (Phi) is 1.37. The fourth-order valence-electron chi connectivity index (χ4n) is 2.20. The van der Waals surface area contributed by atoms with Crippen molar-refractivity contribution >= 4 is 28.9 Å². The first-order valence-electron chi connectivity index (χ1n) is 3.59. The Hall–Kier alpha value is 0.797. The second-order valence-electron chi connectivity index (χ2n) is 3.22. The third kappa shape index (κ3) is 0.782. The van der Waals surface area contributed by atoms with Crippen molar-refractivity contribution < 1.29 is 0 Å². The molecule has 0 atom stereocenters. The Morgan fingerprint density at radius 3 is 1.33 bits per heavy atom. The SMILES string of the molecule is Cl[Si]1(Cl)C2CCC1CC2. The van der Waals surface area contributed by atoms with E-state index in [4.69, 9.17) is 22.2 Å². The molecule has 2 rings (SSSR count).